The maximum absolute atomic E-state index is 4.87. The molecule has 0 spiro atoms. The topological polar surface area (TPSA) is 0 Å². The van der Waals surface area contributed by atoms with Crippen LogP contribution in [0.4, 0.5) is 0 Å². The van der Waals surface area contributed by atoms with Crippen LogP contribution in [0.15, 0.2) is 0 Å². The highest BCUT2D eigenvalue weighted by Crippen LogP contribution is 2.51. The molecule has 0 bridgehead atoms. The Kier molecular flexibility index (Phi) is 14.7. The molecule has 0 amide bonds. The molecular weight excluding hydrogens is 256 g/mol. The van der Waals surface area contributed by atoms with Crippen molar-refractivity contribution in [2.24, 2.45) is 0 Å². The van der Waals surface area contributed by atoms with Gasteiger partial charge >= 0.3 is 0 Å². The Morgan fingerprint density at radius 2 is 0.875 bits per heavy atom. The molecule has 0 aromatic carbocycles. The van der Waals surface area contributed by atoms with E-state index in [9.17, 15) is 0 Å². The number of alkyl halides is 3. The van der Waals surface area contributed by atoms with Gasteiger partial charge in [0, 0.05) is 0 Å². The predicted molar refractivity (Wildman–Crippen MR) is 45.8 cm³/mol. The Balaban J connectivity index is 0. The lowest BCUT2D eigenvalue weighted by molar-refractivity contribution is 1.96. The fourth-order valence-corrected chi connectivity index (χ4v) is 0. The van der Waals surface area contributed by atoms with Crippen molar-refractivity contribution in [3.05, 3.63) is 0 Å². The molecule has 0 unspecified atom stereocenters. The van der Waals surface area contributed by atoms with Gasteiger partial charge in [-0.2, -0.15) is 0 Å². The molecule has 0 saturated heterocycles. The minimum Gasteiger partial charge on any atom is -0.0874 e. The second kappa shape index (κ2) is 9.17. The first-order chi connectivity index (χ1) is 3.46. The van der Waals surface area contributed by atoms with Crippen molar-refractivity contribution >= 4 is 74.5 Å². The molecule has 52 valence electrons. The van der Waals surface area contributed by atoms with Gasteiger partial charge in [-0.05, 0) is 0 Å². The van der Waals surface area contributed by atoms with Crippen LogP contribution in [0.25, 0.3) is 0 Å². The highest BCUT2D eigenvalue weighted by atomic mass is 36.0. The molecule has 0 aromatic heterocycles. The Labute approximate surface area is 78.4 Å². The summed E-state index contributed by atoms with van der Waals surface area (Å²) in [4.78, 5) is 0. The van der Waals surface area contributed by atoms with Gasteiger partial charge in [0.2, 0.25) is 0 Å². The molecular formula is CHCl6P. The molecule has 0 rings (SSSR count). The third kappa shape index (κ3) is 89.2. The first-order valence-electron chi connectivity index (χ1n) is 1.16. The van der Waals surface area contributed by atoms with E-state index in [1.54, 1.807) is 0 Å². The number of rotatable bonds is 0. The lowest BCUT2D eigenvalue weighted by Gasteiger charge is -1.69. The summed E-state index contributed by atoms with van der Waals surface area (Å²) >= 11 is 29.0. The fraction of sp³-hybridized carbons (Fsp3) is 1.00. The molecule has 0 atom stereocenters. The van der Waals surface area contributed by atoms with E-state index in [4.69, 9.17) is 68.5 Å². The van der Waals surface area contributed by atoms with E-state index in [0.29, 0.717) is 0 Å². The van der Waals surface area contributed by atoms with E-state index in [1.807, 2.05) is 0 Å². The maximum atomic E-state index is 4.87. The quantitative estimate of drug-likeness (QED) is 0.426. The van der Waals surface area contributed by atoms with Gasteiger partial charge in [0.25, 0.3) is 0 Å². The molecule has 0 heterocycles. The zero-order valence-corrected chi connectivity index (χ0v) is 8.72. The zero-order valence-electron chi connectivity index (χ0n) is 3.29. The van der Waals surface area contributed by atoms with Crippen molar-refractivity contribution < 1.29 is 0 Å². The third-order valence-corrected chi connectivity index (χ3v) is 0. The van der Waals surface area contributed by atoms with Crippen molar-refractivity contribution in [3.63, 3.8) is 0 Å². The lowest BCUT2D eigenvalue weighted by atomic mass is 11.9. The minimum absolute atomic E-state index is 0.750. The summed E-state index contributed by atoms with van der Waals surface area (Å²) in [5.74, 6) is -1.20. The van der Waals surface area contributed by atoms with E-state index in [1.165, 1.54) is 0 Å². The second-order valence-corrected chi connectivity index (χ2v) is 7.40. The van der Waals surface area contributed by atoms with Crippen LogP contribution in [-0.2, 0) is 0 Å². The minimum atomic E-state index is -1.20. The van der Waals surface area contributed by atoms with E-state index in [-0.39, 0.29) is 0 Å². The fourth-order valence-electron chi connectivity index (χ4n) is 0. The molecule has 8 heavy (non-hydrogen) atoms. The molecule has 0 N–H and O–H groups in total. The number of hydrogen-bond donors (Lipinski definition) is 0. The Hall–Kier alpha value is 2.17. The van der Waals surface area contributed by atoms with Crippen LogP contribution in [0.1, 0.15) is 0 Å². The van der Waals surface area contributed by atoms with Crippen molar-refractivity contribution in [2.75, 3.05) is 0 Å². The van der Waals surface area contributed by atoms with Crippen molar-refractivity contribution in [1.82, 2.24) is 0 Å². The summed E-state index contributed by atoms with van der Waals surface area (Å²) in [5, 5.41) is 0. The summed E-state index contributed by atoms with van der Waals surface area (Å²) in [5.41, 5.74) is 0. The monoisotopic (exact) mass is 254 g/mol. The summed E-state index contributed by atoms with van der Waals surface area (Å²) in [7, 11) is 0. The van der Waals surface area contributed by atoms with Gasteiger partial charge in [-0.1, -0.05) is 68.5 Å². The summed E-state index contributed by atoms with van der Waals surface area (Å²) < 4.78 is -0.750. The summed E-state index contributed by atoms with van der Waals surface area (Å²) in [6.45, 7) is 0. The highest BCUT2D eigenvalue weighted by molar-refractivity contribution is 8.20. The third-order valence-electron chi connectivity index (χ3n) is 0. The lowest BCUT2D eigenvalue weighted by Crippen LogP contribution is -1.55. The van der Waals surface area contributed by atoms with E-state index < -0.39 is 10.3 Å². The van der Waals surface area contributed by atoms with Crippen LogP contribution < -0.4 is 0 Å². The average molecular weight is 257 g/mol. The van der Waals surface area contributed by atoms with Gasteiger partial charge in [-0.15, -0.1) is 0 Å². The first-order valence-corrected chi connectivity index (χ1v) is 6.53. The summed E-state index contributed by atoms with van der Waals surface area (Å²) in [6.07, 6.45) is 0. The molecule has 0 aliphatic rings. The molecule has 0 aliphatic heterocycles. The van der Waals surface area contributed by atoms with Gasteiger partial charge in [-0.3, -0.25) is 0 Å². The SMILES string of the molecule is ClC(Cl)Cl.ClP(Cl)Cl. The van der Waals surface area contributed by atoms with Crippen molar-refractivity contribution in [1.29, 1.82) is 0 Å². The number of halogens is 6. The van der Waals surface area contributed by atoms with E-state index in [2.05, 4.69) is 0 Å². The number of hydrogen-bond acceptors (Lipinski definition) is 0. The van der Waals surface area contributed by atoms with E-state index >= 15 is 0 Å². The van der Waals surface area contributed by atoms with E-state index in [0.717, 1.165) is 0 Å². The molecule has 0 radical (unpaired) electrons. The van der Waals surface area contributed by atoms with Gasteiger partial charge < -0.3 is 0 Å². The van der Waals surface area contributed by atoms with Crippen LogP contribution >= 0.6 is 74.5 Å². The normalized spacial score (nSPS) is 9.00. The molecule has 7 heteroatoms. The largest absolute Gasteiger partial charge is 0.180 e. The Morgan fingerprint density at radius 1 is 0.875 bits per heavy atom. The molecule has 0 nitrogen and oxygen atoms in total. The van der Waals surface area contributed by atoms with Crippen LogP contribution in [0.3, 0.4) is 0 Å². The van der Waals surface area contributed by atoms with Crippen molar-refractivity contribution in [2.45, 2.75) is 4.30 Å². The average Bonchev–Trinajstić information content (AvgIpc) is 1.25. The van der Waals surface area contributed by atoms with Gasteiger partial charge in [0.1, 0.15) is 0 Å². The van der Waals surface area contributed by atoms with Crippen LogP contribution in [0.2, 0.25) is 0 Å². The van der Waals surface area contributed by atoms with Crippen LogP contribution in [-0.4, -0.2) is 4.30 Å². The molecule has 0 aliphatic carbocycles. The Bertz CT molecular complexity index is 24.0. The Morgan fingerprint density at radius 3 is 0.875 bits per heavy atom. The van der Waals surface area contributed by atoms with Crippen molar-refractivity contribution in [3.8, 4) is 0 Å². The molecule has 0 saturated carbocycles. The predicted octanol–water partition coefficient (Wildman–Crippen LogP) is 4.92. The van der Waals surface area contributed by atoms with Crippen LogP contribution in [0.5, 0.6) is 0 Å². The zero-order chi connectivity index (χ0) is 7.15. The molecule has 0 fully saturated rings. The smallest absolute Gasteiger partial charge is 0.0874 e. The summed E-state index contributed by atoms with van der Waals surface area (Å²) in [6, 6.07) is 0. The van der Waals surface area contributed by atoms with Gasteiger partial charge in [0.05, 0.1) is 0 Å². The van der Waals surface area contributed by atoms with Gasteiger partial charge in [-0.25, -0.2) is 0 Å². The van der Waals surface area contributed by atoms with Gasteiger partial charge in [0.15, 0.2) is 10.3 Å². The van der Waals surface area contributed by atoms with Crippen LogP contribution in [0, 0.1) is 0 Å². The highest BCUT2D eigenvalue weighted by Gasteiger charge is 1.80. The molecule has 0 aromatic rings. The maximum Gasteiger partial charge on any atom is 0.180 e. The standard InChI is InChI=1S/CHCl3.Cl3P/c2-1(3)4;1-4(2)3/h1H;. The first kappa shape index (κ1) is 12.8. The second-order valence-electron chi connectivity index (χ2n) is 0.439.